The van der Waals surface area contributed by atoms with Crippen LogP contribution >= 0.6 is 0 Å². The number of ketones is 2. The summed E-state index contributed by atoms with van der Waals surface area (Å²) in [5, 5.41) is 44.3. The lowest BCUT2D eigenvalue weighted by Gasteiger charge is -2.24. The summed E-state index contributed by atoms with van der Waals surface area (Å²) >= 11 is 0. The second-order valence-electron chi connectivity index (χ2n) is 3.20. The van der Waals surface area contributed by atoms with Gasteiger partial charge in [-0.3, -0.25) is 9.59 Å². The van der Waals surface area contributed by atoms with E-state index < -0.39 is 49.1 Å². The van der Waals surface area contributed by atoms with E-state index in [0.29, 0.717) is 0 Å². The van der Waals surface area contributed by atoms with Gasteiger partial charge in [0.15, 0.2) is 0 Å². The van der Waals surface area contributed by atoms with Gasteiger partial charge in [0.05, 0.1) is 6.61 Å². The van der Waals surface area contributed by atoms with Gasteiger partial charge in [0.2, 0.25) is 11.6 Å². The van der Waals surface area contributed by atoms with Crippen molar-refractivity contribution in [3.05, 3.63) is 0 Å². The zero-order valence-corrected chi connectivity index (χ0v) is 8.35. The normalized spacial score (nSPS) is 18.6. The molecule has 8 nitrogen and oxygen atoms in total. The number of hydrogen-bond donors (Lipinski definition) is 6. The lowest BCUT2D eigenvalue weighted by molar-refractivity contribution is -0.143. The molecule has 0 amide bonds. The summed E-state index contributed by atoms with van der Waals surface area (Å²) in [7, 11) is 0. The number of aliphatic hydroxyl groups is 5. The number of hydrogen-bond acceptors (Lipinski definition) is 8. The Kier molecular flexibility index (Phi) is 6.26. The van der Waals surface area contributed by atoms with Gasteiger partial charge in [-0.15, -0.1) is 0 Å². The first-order chi connectivity index (χ1) is 7.36. The number of aliphatic hydroxyl groups excluding tert-OH is 5. The van der Waals surface area contributed by atoms with E-state index in [1.54, 1.807) is 0 Å². The van der Waals surface area contributed by atoms with Crippen LogP contribution < -0.4 is 5.73 Å². The lowest BCUT2D eigenvalue weighted by atomic mass is 9.97. The van der Waals surface area contributed by atoms with E-state index in [9.17, 15) is 19.8 Å². The fourth-order valence-electron chi connectivity index (χ4n) is 0.967. The standard InChI is InChI=1S/C8H15NO7/c9-5(6(14)3(12)1-10)8(16)7(15)4(13)2-11/h4-5,7-8,10-11,13,15-16H,1-2,9H2/t4-,5-,7-,8-/m1/s1. The summed E-state index contributed by atoms with van der Waals surface area (Å²) in [6, 6.07) is -1.77. The van der Waals surface area contributed by atoms with Gasteiger partial charge >= 0.3 is 0 Å². The Morgan fingerprint density at radius 2 is 1.56 bits per heavy atom. The summed E-state index contributed by atoms with van der Waals surface area (Å²) in [4.78, 5) is 21.8. The third-order valence-electron chi connectivity index (χ3n) is 2.02. The van der Waals surface area contributed by atoms with Crippen molar-refractivity contribution in [2.75, 3.05) is 13.2 Å². The van der Waals surface area contributed by atoms with Crippen molar-refractivity contribution in [1.29, 1.82) is 0 Å². The molecule has 0 bridgehead atoms. The van der Waals surface area contributed by atoms with Gasteiger partial charge in [-0.25, -0.2) is 0 Å². The number of Topliss-reactive ketones (excluding diaryl/α,β-unsaturated/α-hetero) is 2. The average molecular weight is 237 g/mol. The predicted octanol–water partition coefficient (Wildman–Crippen LogP) is -4.48. The first-order valence-corrected chi connectivity index (χ1v) is 4.45. The van der Waals surface area contributed by atoms with Crippen LogP contribution in [-0.2, 0) is 9.59 Å². The quantitative estimate of drug-likeness (QED) is 0.241. The second kappa shape index (κ2) is 6.63. The SMILES string of the molecule is N[C@H](C(=O)C(=O)CO)[C@@H](O)[C@H](O)[C@H](O)CO. The van der Waals surface area contributed by atoms with Crippen LogP contribution in [0.5, 0.6) is 0 Å². The maximum Gasteiger partial charge on any atom is 0.225 e. The van der Waals surface area contributed by atoms with E-state index in [2.05, 4.69) is 0 Å². The number of carbonyl (C=O) groups is 2. The highest BCUT2D eigenvalue weighted by atomic mass is 16.4. The van der Waals surface area contributed by atoms with Crippen LogP contribution in [0.2, 0.25) is 0 Å². The molecule has 0 fully saturated rings. The summed E-state index contributed by atoms with van der Waals surface area (Å²) in [5.41, 5.74) is 5.15. The monoisotopic (exact) mass is 237 g/mol. The van der Waals surface area contributed by atoms with Crippen molar-refractivity contribution in [2.24, 2.45) is 5.73 Å². The molecule has 7 N–H and O–H groups in total. The third kappa shape index (κ3) is 3.59. The largest absolute Gasteiger partial charge is 0.394 e. The molecule has 0 aromatic rings. The predicted molar refractivity (Wildman–Crippen MR) is 50.2 cm³/mol. The molecular weight excluding hydrogens is 222 g/mol. The van der Waals surface area contributed by atoms with Crippen molar-refractivity contribution in [3.63, 3.8) is 0 Å². The molecule has 16 heavy (non-hydrogen) atoms. The van der Waals surface area contributed by atoms with E-state index in [0.717, 1.165) is 0 Å². The first-order valence-electron chi connectivity index (χ1n) is 4.45. The Hall–Kier alpha value is -0.900. The first kappa shape index (κ1) is 15.1. The highest BCUT2D eigenvalue weighted by Gasteiger charge is 2.35. The molecule has 4 atom stereocenters. The van der Waals surface area contributed by atoms with Crippen molar-refractivity contribution in [1.82, 2.24) is 0 Å². The van der Waals surface area contributed by atoms with Crippen LogP contribution in [0.15, 0.2) is 0 Å². The minimum Gasteiger partial charge on any atom is -0.394 e. The van der Waals surface area contributed by atoms with E-state index in [1.807, 2.05) is 0 Å². The Balaban J connectivity index is 4.54. The molecule has 94 valence electrons. The van der Waals surface area contributed by atoms with Gasteiger partial charge < -0.3 is 31.3 Å². The molecule has 0 spiro atoms. The van der Waals surface area contributed by atoms with Gasteiger partial charge in [0.1, 0.15) is 31.0 Å². The van der Waals surface area contributed by atoms with Gasteiger partial charge in [-0.1, -0.05) is 0 Å². The summed E-state index contributed by atoms with van der Waals surface area (Å²) < 4.78 is 0. The molecule has 0 rings (SSSR count). The number of rotatable bonds is 7. The Bertz CT molecular complexity index is 257. The van der Waals surface area contributed by atoms with E-state index in [-0.39, 0.29) is 0 Å². The molecule has 0 aromatic heterocycles. The Morgan fingerprint density at radius 1 is 1.06 bits per heavy atom. The highest BCUT2D eigenvalue weighted by molar-refractivity contribution is 6.39. The maximum atomic E-state index is 11.1. The number of nitrogens with two attached hydrogens (primary N) is 1. The second-order valence-corrected chi connectivity index (χ2v) is 3.20. The van der Waals surface area contributed by atoms with Crippen LogP contribution in [0.1, 0.15) is 0 Å². The van der Waals surface area contributed by atoms with Crippen molar-refractivity contribution >= 4 is 11.6 Å². The molecule has 0 aliphatic rings. The molecule has 0 aliphatic heterocycles. The van der Waals surface area contributed by atoms with Crippen LogP contribution in [-0.4, -0.2) is 74.7 Å². The van der Waals surface area contributed by atoms with E-state index in [4.69, 9.17) is 21.1 Å². The molecular formula is C8H15NO7. The fourth-order valence-corrected chi connectivity index (χ4v) is 0.967. The van der Waals surface area contributed by atoms with Gasteiger partial charge in [0, 0.05) is 0 Å². The molecule has 8 heteroatoms. The van der Waals surface area contributed by atoms with E-state index >= 15 is 0 Å². The minimum absolute atomic E-state index is 0.840. The van der Waals surface area contributed by atoms with Crippen molar-refractivity contribution in [3.8, 4) is 0 Å². The summed E-state index contributed by atoms with van der Waals surface area (Å²) in [5.74, 6) is -2.48. The fraction of sp³-hybridized carbons (Fsp3) is 0.750. The van der Waals surface area contributed by atoms with Crippen molar-refractivity contribution in [2.45, 2.75) is 24.4 Å². The average Bonchev–Trinajstić information content (AvgIpc) is 2.32. The molecule has 0 aliphatic carbocycles. The Morgan fingerprint density at radius 3 is 1.94 bits per heavy atom. The van der Waals surface area contributed by atoms with Crippen LogP contribution in [0.4, 0.5) is 0 Å². The van der Waals surface area contributed by atoms with Crippen molar-refractivity contribution < 1.29 is 35.1 Å². The topological polar surface area (TPSA) is 161 Å². The van der Waals surface area contributed by atoms with Crippen LogP contribution in [0, 0.1) is 0 Å². The van der Waals surface area contributed by atoms with E-state index in [1.165, 1.54) is 0 Å². The molecule has 0 saturated heterocycles. The number of carbonyl (C=O) groups excluding carboxylic acids is 2. The summed E-state index contributed by atoms with van der Waals surface area (Å²) in [6.45, 7) is -1.90. The van der Waals surface area contributed by atoms with Crippen LogP contribution in [0.3, 0.4) is 0 Å². The van der Waals surface area contributed by atoms with Crippen LogP contribution in [0.25, 0.3) is 0 Å². The molecule has 0 radical (unpaired) electrons. The van der Waals surface area contributed by atoms with Gasteiger partial charge in [0.25, 0.3) is 0 Å². The molecule has 0 aromatic carbocycles. The third-order valence-corrected chi connectivity index (χ3v) is 2.02. The molecule has 0 unspecified atom stereocenters. The maximum absolute atomic E-state index is 11.1. The smallest absolute Gasteiger partial charge is 0.225 e. The molecule has 0 heterocycles. The zero-order chi connectivity index (χ0) is 12.9. The zero-order valence-electron chi connectivity index (χ0n) is 8.35. The van der Waals surface area contributed by atoms with Gasteiger partial charge in [-0.2, -0.15) is 0 Å². The minimum atomic E-state index is -1.91. The Labute approximate surface area is 90.9 Å². The summed E-state index contributed by atoms with van der Waals surface area (Å²) in [6.07, 6.45) is -5.46. The van der Waals surface area contributed by atoms with Gasteiger partial charge in [-0.05, 0) is 0 Å². The highest BCUT2D eigenvalue weighted by Crippen LogP contribution is 2.04. The lowest BCUT2D eigenvalue weighted by Crippen LogP contribution is -2.54. The molecule has 0 saturated carbocycles.